The largest absolute Gasteiger partial charge is 0.493 e. The lowest BCUT2D eigenvalue weighted by Gasteiger charge is -2.33. The zero-order valence-corrected chi connectivity index (χ0v) is 24.6. The fourth-order valence-electron chi connectivity index (χ4n) is 5.62. The van der Waals surface area contributed by atoms with Crippen LogP contribution >= 0.6 is 0 Å². The Morgan fingerprint density at radius 2 is 1.70 bits per heavy atom. The molecule has 0 radical (unpaired) electrons. The maximum atomic E-state index is 13.5. The molecule has 11 nitrogen and oxygen atoms in total. The molecule has 1 aliphatic heterocycles. The van der Waals surface area contributed by atoms with Crippen LogP contribution < -0.4 is 24.5 Å². The van der Waals surface area contributed by atoms with Gasteiger partial charge in [0.2, 0.25) is 6.79 Å². The van der Waals surface area contributed by atoms with Crippen molar-refractivity contribution in [3.8, 4) is 23.0 Å². The van der Waals surface area contributed by atoms with Gasteiger partial charge in [-0.05, 0) is 51.7 Å². The number of ether oxygens (including phenoxy) is 4. The minimum atomic E-state index is -0.218. The van der Waals surface area contributed by atoms with Crippen LogP contribution in [0.5, 0.6) is 23.0 Å². The molecule has 1 atom stereocenters. The number of nitrogens with zero attached hydrogens (tertiary/aromatic N) is 5. The second-order valence-corrected chi connectivity index (χ2v) is 10.9. The van der Waals surface area contributed by atoms with E-state index in [1.807, 2.05) is 53.2 Å². The van der Waals surface area contributed by atoms with Gasteiger partial charge in [0.1, 0.15) is 0 Å². The molecule has 0 fully saturated rings. The third kappa shape index (κ3) is 5.89. The second-order valence-electron chi connectivity index (χ2n) is 10.9. The van der Waals surface area contributed by atoms with Crippen LogP contribution in [-0.2, 0) is 19.6 Å². The molecule has 3 aromatic carbocycles. The van der Waals surface area contributed by atoms with Gasteiger partial charge in [0, 0.05) is 30.1 Å². The molecular weight excluding hydrogens is 548 g/mol. The van der Waals surface area contributed by atoms with Gasteiger partial charge in [-0.25, -0.2) is 4.68 Å². The van der Waals surface area contributed by atoms with Crippen LogP contribution in [0.25, 0.3) is 10.9 Å². The number of rotatable bonds is 11. The van der Waals surface area contributed by atoms with E-state index in [4.69, 9.17) is 18.9 Å². The van der Waals surface area contributed by atoms with E-state index in [1.54, 1.807) is 20.3 Å². The van der Waals surface area contributed by atoms with Crippen LogP contribution in [0.2, 0.25) is 0 Å². The first-order valence-corrected chi connectivity index (χ1v) is 14.1. The smallest absolute Gasteiger partial charge is 0.252 e. The number of aromatic nitrogens is 5. The average Bonchev–Trinajstić information content (AvgIpc) is 3.66. The lowest BCUT2D eigenvalue weighted by molar-refractivity contribution is 0.126. The number of benzene rings is 3. The van der Waals surface area contributed by atoms with Gasteiger partial charge in [-0.2, -0.15) is 0 Å². The monoisotopic (exact) mass is 582 g/mol. The molecule has 1 aliphatic rings. The van der Waals surface area contributed by atoms with E-state index in [0.717, 1.165) is 28.1 Å². The molecule has 0 saturated heterocycles. The lowest BCUT2D eigenvalue weighted by Crippen LogP contribution is -2.35. The van der Waals surface area contributed by atoms with Crippen molar-refractivity contribution in [2.75, 3.05) is 21.0 Å². The summed E-state index contributed by atoms with van der Waals surface area (Å²) in [5, 5.41) is 13.8. The van der Waals surface area contributed by atoms with Gasteiger partial charge in [0.25, 0.3) is 5.56 Å². The molecule has 3 heterocycles. The number of hydrogen-bond donors (Lipinski definition) is 1. The first-order chi connectivity index (χ1) is 20.9. The summed E-state index contributed by atoms with van der Waals surface area (Å²) in [6.45, 7) is 5.87. The van der Waals surface area contributed by atoms with Crippen molar-refractivity contribution < 1.29 is 18.9 Å². The molecule has 6 rings (SSSR count). The molecule has 43 heavy (non-hydrogen) atoms. The van der Waals surface area contributed by atoms with Crippen LogP contribution in [0.3, 0.4) is 0 Å². The molecule has 0 aliphatic carbocycles. The Balaban J connectivity index is 1.41. The summed E-state index contributed by atoms with van der Waals surface area (Å²) in [7, 11) is 3.16. The van der Waals surface area contributed by atoms with E-state index < -0.39 is 0 Å². The molecule has 222 valence electrons. The van der Waals surface area contributed by atoms with Gasteiger partial charge >= 0.3 is 0 Å². The summed E-state index contributed by atoms with van der Waals surface area (Å²) in [5.74, 6) is 3.40. The Labute approximate surface area is 249 Å². The Hall–Kier alpha value is -4.90. The van der Waals surface area contributed by atoms with Crippen LogP contribution in [-0.4, -0.2) is 51.1 Å². The third-order valence-electron chi connectivity index (χ3n) is 7.65. The number of H-pyrrole nitrogens is 1. The quantitative estimate of drug-likeness (QED) is 0.236. The molecule has 0 spiro atoms. The molecule has 0 bridgehead atoms. The number of tetrazole rings is 1. The number of hydrogen-bond acceptors (Lipinski definition) is 9. The van der Waals surface area contributed by atoms with Crippen LogP contribution in [0, 0.1) is 5.92 Å². The molecule has 5 aromatic rings. The Kier molecular flexibility index (Phi) is 7.97. The molecule has 0 amide bonds. The highest BCUT2D eigenvalue weighted by Gasteiger charge is 2.30. The molecule has 2 aromatic heterocycles. The second kappa shape index (κ2) is 12.1. The van der Waals surface area contributed by atoms with Crippen molar-refractivity contribution in [3.05, 3.63) is 99.6 Å². The topological polar surface area (TPSA) is 117 Å². The minimum absolute atomic E-state index is 0.110. The first-order valence-electron chi connectivity index (χ1n) is 14.1. The van der Waals surface area contributed by atoms with E-state index in [9.17, 15) is 4.79 Å². The van der Waals surface area contributed by atoms with Crippen molar-refractivity contribution in [3.63, 3.8) is 0 Å². The number of pyridine rings is 1. The zero-order chi connectivity index (χ0) is 29.9. The Morgan fingerprint density at radius 1 is 0.930 bits per heavy atom. The van der Waals surface area contributed by atoms with Crippen LogP contribution in [0.15, 0.2) is 71.5 Å². The van der Waals surface area contributed by atoms with Crippen molar-refractivity contribution in [2.45, 2.75) is 39.5 Å². The van der Waals surface area contributed by atoms with Gasteiger partial charge < -0.3 is 23.9 Å². The summed E-state index contributed by atoms with van der Waals surface area (Å²) in [4.78, 5) is 18.8. The molecular formula is C32H34N6O5. The predicted molar refractivity (Wildman–Crippen MR) is 160 cm³/mol. The lowest BCUT2D eigenvalue weighted by atomic mass is 9.99. The number of aromatic amines is 1. The highest BCUT2D eigenvalue weighted by Crippen LogP contribution is 2.36. The van der Waals surface area contributed by atoms with E-state index in [-0.39, 0.29) is 24.3 Å². The van der Waals surface area contributed by atoms with Crippen molar-refractivity contribution in [2.24, 2.45) is 5.92 Å². The van der Waals surface area contributed by atoms with Gasteiger partial charge in [0.05, 0.1) is 32.3 Å². The average molecular weight is 583 g/mol. The summed E-state index contributed by atoms with van der Waals surface area (Å²) >= 11 is 0. The highest BCUT2D eigenvalue weighted by atomic mass is 16.7. The third-order valence-corrected chi connectivity index (χ3v) is 7.65. The van der Waals surface area contributed by atoms with E-state index >= 15 is 0 Å². The number of nitrogens with one attached hydrogen (secondary N) is 1. The fraction of sp³-hybridized carbons (Fsp3) is 0.312. The van der Waals surface area contributed by atoms with Gasteiger partial charge in [-0.1, -0.05) is 50.2 Å². The van der Waals surface area contributed by atoms with E-state index in [0.29, 0.717) is 48.0 Å². The van der Waals surface area contributed by atoms with Crippen LogP contribution in [0.4, 0.5) is 0 Å². The first kappa shape index (κ1) is 28.2. The normalized spacial score (nSPS) is 13.2. The maximum absolute atomic E-state index is 13.5. The molecule has 0 saturated carbocycles. The highest BCUT2D eigenvalue weighted by molar-refractivity contribution is 5.83. The van der Waals surface area contributed by atoms with Gasteiger partial charge in [-0.15, -0.1) is 5.10 Å². The fourth-order valence-corrected chi connectivity index (χ4v) is 5.62. The Bertz CT molecular complexity index is 1780. The number of methoxy groups -OCH3 is 2. The minimum Gasteiger partial charge on any atom is -0.493 e. The maximum Gasteiger partial charge on any atom is 0.252 e. The molecule has 0 unspecified atom stereocenters. The molecule has 11 heteroatoms. The summed E-state index contributed by atoms with van der Waals surface area (Å²) in [6.07, 6.45) is 0. The van der Waals surface area contributed by atoms with Crippen molar-refractivity contribution in [1.82, 2.24) is 30.1 Å². The summed E-state index contributed by atoms with van der Waals surface area (Å²) < 4.78 is 24.0. The predicted octanol–water partition coefficient (Wildman–Crippen LogP) is 4.71. The van der Waals surface area contributed by atoms with Crippen LogP contribution in [0.1, 0.15) is 42.4 Å². The Morgan fingerprint density at radius 3 is 2.47 bits per heavy atom. The summed E-state index contributed by atoms with van der Waals surface area (Å²) in [5.41, 5.74) is 3.20. The standard InChI is InChI=1S/C32H34N6O5/c1-20(2)30(31-34-35-36-38(31)17-21-8-6-5-7-9-21)37(16-22-10-11-26-29(12-22)43-19-42-26)18-24-13-23-14-27(40-3)28(41-4)15-25(23)33-32(24)39/h5-15,20,30H,16-19H2,1-4H3,(H,33,39)/t30-/m0/s1. The zero-order valence-electron chi connectivity index (χ0n) is 24.6. The van der Waals surface area contributed by atoms with Crippen molar-refractivity contribution in [1.29, 1.82) is 0 Å². The SMILES string of the molecule is COc1cc2cc(CN(Cc3ccc4c(c3)OCO4)[C@H](c3nnnn3Cc3ccccc3)C(C)C)c(=O)[nH]c2cc1OC. The van der Waals surface area contributed by atoms with Gasteiger partial charge in [-0.3, -0.25) is 9.69 Å². The van der Waals surface area contributed by atoms with E-state index in [2.05, 4.69) is 51.4 Å². The van der Waals surface area contributed by atoms with Gasteiger partial charge in [0.15, 0.2) is 28.8 Å². The summed E-state index contributed by atoms with van der Waals surface area (Å²) in [6, 6.07) is 21.4. The molecule has 1 N–H and O–H groups in total. The van der Waals surface area contributed by atoms with Crippen molar-refractivity contribution >= 4 is 10.9 Å². The van der Waals surface area contributed by atoms with E-state index in [1.165, 1.54) is 0 Å². The number of fused-ring (bicyclic) bond motifs is 2.